The maximum absolute atomic E-state index is 13.5. The highest BCUT2D eigenvalue weighted by Gasteiger charge is 2.84. The van der Waals surface area contributed by atoms with Crippen LogP contribution in [0.3, 0.4) is 0 Å². The van der Waals surface area contributed by atoms with Crippen molar-refractivity contribution in [3.63, 3.8) is 0 Å². The average molecular weight is 517 g/mol. The Kier molecular flexibility index (Phi) is 6.65. The molecule has 1 saturated heterocycles. The van der Waals surface area contributed by atoms with E-state index in [4.69, 9.17) is 20.6 Å². The summed E-state index contributed by atoms with van der Waals surface area (Å²) >= 11 is 0. The van der Waals surface area contributed by atoms with Crippen molar-refractivity contribution < 1.29 is 39.1 Å². The van der Waals surface area contributed by atoms with E-state index >= 15 is 0 Å². The van der Waals surface area contributed by atoms with Crippen molar-refractivity contribution in [1.82, 2.24) is 0 Å². The van der Waals surface area contributed by atoms with Gasteiger partial charge in [0.2, 0.25) is 0 Å². The van der Waals surface area contributed by atoms with E-state index < -0.39 is 52.9 Å². The lowest BCUT2D eigenvalue weighted by Crippen LogP contribution is -2.64. The fourth-order valence-corrected chi connectivity index (χ4v) is 9.38. The van der Waals surface area contributed by atoms with Crippen LogP contribution in [0.4, 0.5) is 0 Å². The molecule has 0 aromatic rings. The van der Waals surface area contributed by atoms with Gasteiger partial charge in [-0.05, 0) is 55.8 Å². The molecule has 8 nitrogen and oxygen atoms in total. The van der Waals surface area contributed by atoms with Gasteiger partial charge in [0.25, 0.3) is 0 Å². The first-order valence-corrected chi connectivity index (χ1v) is 13.6. The monoisotopic (exact) mass is 516 g/mol. The third-order valence-electron chi connectivity index (χ3n) is 10.8. The Morgan fingerprint density at radius 2 is 1.97 bits per heavy atom. The van der Waals surface area contributed by atoms with Crippen molar-refractivity contribution in [2.75, 3.05) is 13.2 Å². The number of hydrogen-bond acceptors (Lipinski definition) is 7. The van der Waals surface area contributed by atoms with Crippen LogP contribution in [0.15, 0.2) is 11.6 Å². The van der Waals surface area contributed by atoms with Crippen LogP contribution in [0.5, 0.6) is 0 Å². The van der Waals surface area contributed by atoms with Crippen LogP contribution in [0.1, 0.15) is 53.4 Å². The highest BCUT2D eigenvalue weighted by Crippen LogP contribution is 2.82. The predicted octanol–water partition coefficient (Wildman–Crippen LogP) is 2.41. The van der Waals surface area contributed by atoms with Crippen molar-refractivity contribution in [1.29, 1.82) is 0 Å². The zero-order chi connectivity index (χ0) is 26.9. The van der Waals surface area contributed by atoms with Crippen LogP contribution in [-0.2, 0) is 23.8 Å². The molecule has 3 N–H and O–H groups in total. The lowest BCUT2D eigenvalue weighted by atomic mass is 9.43. The molecule has 4 fully saturated rings. The minimum atomic E-state index is -1.40. The second-order valence-electron chi connectivity index (χ2n) is 12.5. The number of carbonyl (C=O) groups excluding carboxylic acids is 1. The van der Waals surface area contributed by atoms with Gasteiger partial charge in [0.15, 0.2) is 6.29 Å². The fourth-order valence-electron chi connectivity index (χ4n) is 9.38. The van der Waals surface area contributed by atoms with Gasteiger partial charge in [-0.25, -0.2) is 0 Å². The Hall–Kier alpha value is -1.76. The van der Waals surface area contributed by atoms with Crippen LogP contribution in [0, 0.1) is 58.2 Å². The second-order valence-corrected chi connectivity index (χ2v) is 12.5. The number of aliphatic carboxylic acids is 1. The van der Waals surface area contributed by atoms with Gasteiger partial charge in [-0.1, -0.05) is 44.8 Å². The Bertz CT molecular complexity index is 1020. The van der Waals surface area contributed by atoms with Crippen molar-refractivity contribution in [2.45, 2.75) is 84.1 Å². The number of hydrogen-bond donors (Lipinski definition) is 3. The van der Waals surface area contributed by atoms with E-state index in [1.54, 1.807) is 6.92 Å². The van der Waals surface area contributed by atoms with Gasteiger partial charge in [0.1, 0.15) is 36.6 Å². The first-order chi connectivity index (χ1) is 17.5. The van der Waals surface area contributed by atoms with Crippen LogP contribution in [0.2, 0.25) is 0 Å². The lowest BCUT2D eigenvalue weighted by molar-refractivity contribution is -0.308. The number of aliphatic hydroxyl groups is 2. The molecule has 12 atom stereocenters. The first-order valence-electron chi connectivity index (χ1n) is 13.6. The Morgan fingerprint density at radius 3 is 2.59 bits per heavy atom. The van der Waals surface area contributed by atoms with Gasteiger partial charge in [0, 0.05) is 5.41 Å². The molecular formula is C29H40O8. The number of aliphatic hydroxyl groups excluding tert-OH is 2. The van der Waals surface area contributed by atoms with Gasteiger partial charge >= 0.3 is 5.97 Å². The zero-order valence-corrected chi connectivity index (χ0v) is 22.1. The fraction of sp³-hybridized carbons (Fsp3) is 0.793. The van der Waals surface area contributed by atoms with Gasteiger partial charge in [-0.15, -0.1) is 6.42 Å². The van der Waals surface area contributed by atoms with E-state index in [0.717, 1.165) is 24.7 Å². The summed E-state index contributed by atoms with van der Waals surface area (Å²) < 4.78 is 17.7. The number of carboxylic acids is 1. The van der Waals surface area contributed by atoms with Gasteiger partial charge < -0.3 is 34.3 Å². The molecule has 0 amide bonds. The summed E-state index contributed by atoms with van der Waals surface area (Å²) in [6.07, 6.45) is 6.09. The van der Waals surface area contributed by atoms with Crippen LogP contribution in [0.25, 0.3) is 0 Å². The van der Waals surface area contributed by atoms with E-state index in [9.17, 15) is 24.9 Å². The van der Waals surface area contributed by atoms with Gasteiger partial charge in [-0.3, -0.25) is 4.79 Å². The number of allylic oxidation sites excluding steroid dienone is 1. The van der Waals surface area contributed by atoms with E-state index in [1.807, 2.05) is 13.8 Å². The standard InChI is InChI=1S/C29H40O8/c1-6-9-35-24-17(5)37-25(23(32)22(24)31)36-14-28-12-19-16(4)7-8-20(19)27(13-30)11-18(28)10-21(15(2)3)29(27,28)26(33)34/h1,10,13,15-20,22-25,31-32H,7-9,11-12,14H2,2-5H3,(H,33,34)/t16-,17+,18+,19-,20-,22+,23-,24+,25+,27+,28+,29+/m0/s1. The van der Waals surface area contributed by atoms with Crippen LogP contribution < -0.4 is 0 Å². The minimum absolute atomic E-state index is 0.0132. The quantitative estimate of drug-likeness (QED) is 0.255. The number of ether oxygens (including phenoxy) is 3. The third kappa shape index (κ3) is 3.28. The molecule has 5 aliphatic rings. The molecule has 0 unspecified atom stereocenters. The number of rotatable bonds is 8. The molecule has 204 valence electrons. The normalized spacial score (nSPS) is 50.0. The first kappa shape index (κ1) is 26.8. The number of terminal acetylenes is 1. The Balaban J connectivity index is 1.51. The molecule has 4 bridgehead atoms. The SMILES string of the molecule is C#CCO[C@H]1[C@H](O)[C@H](O)[C@H](OC[C@]23C[C@H]4[C@@H](C)CC[C@@H]4[C@]4(C=O)C[C@H]2C=C(C(C)C)[C@]34C(=O)O)O[C@@H]1C. The third-order valence-corrected chi connectivity index (χ3v) is 10.8. The van der Waals surface area contributed by atoms with E-state index in [0.29, 0.717) is 18.8 Å². The van der Waals surface area contributed by atoms with E-state index in [1.165, 1.54) is 0 Å². The van der Waals surface area contributed by atoms with E-state index in [-0.39, 0.29) is 36.9 Å². The molecule has 4 aliphatic carbocycles. The van der Waals surface area contributed by atoms with Gasteiger partial charge in [-0.2, -0.15) is 0 Å². The molecule has 5 rings (SSSR count). The van der Waals surface area contributed by atoms with Crippen molar-refractivity contribution in [2.24, 2.45) is 45.8 Å². The predicted molar refractivity (Wildman–Crippen MR) is 133 cm³/mol. The number of carbonyl (C=O) groups is 2. The number of carboxylic acid groups (broad SMARTS) is 1. The Morgan fingerprint density at radius 1 is 1.24 bits per heavy atom. The van der Waals surface area contributed by atoms with Crippen LogP contribution in [-0.4, -0.2) is 71.5 Å². The number of aldehydes is 1. The molecule has 1 heterocycles. The minimum Gasteiger partial charge on any atom is -0.481 e. The summed E-state index contributed by atoms with van der Waals surface area (Å²) in [6.45, 7) is 7.90. The molecule has 8 heteroatoms. The number of fused-ring (bicyclic) bond motifs is 2. The zero-order valence-electron chi connectivity index (χ0n) is 22.1. The topological polar surface area (TPSA) is 123 Å². The molecule has 37 heavy (non-hydrogen) atoms. The van der Waals surface area contributed by atoms with Crippen molar-refractivity contribution in [3.05, 3.63) is 11.6 Å². The lowest BCUT2D eigenvalue weighted by Gasteiger charge is -2.58. The molecule has 0 aromatic carbocycles. The van der Waals surface area contributed by atoms with Gasteiger partial charge in [0.05, 0.1) is 18.1 Å². The second kappa shape index (κ2) is 9.17. The summed E-state index contributed by atoms with van der Waals surface area (Å²) in [5, 5.41) is 32.6. The molecule has 0 spiro atoms. The largest absolute Gasteiger partial charge is 0.481 e. The molecule has 3 saturated carbocycles. The molecule has 0 radical (unpaired) electrons. The molecule has 1 aliphatic heterocycles. The highest BCUT2D eigenvalue weighted by atomic mass is 16.7. The summed E-state index contributed by atoms with van der Waals surface area (Å²) in [5.74, 6) is 1.88. The summed E-state index contributed by atoms with van der Waals surface area (Å²) in [6, 6.07) is 0. The maximum Gasteiger partial charge on any atom is 0.315 e. The van der Waals surface area contributed by atoms with Crippen LogP contribution >= 0.6 is 0 Å². The average Bonchev–Trinajstić information content (AvgIpc) is 3.42. The highest BCUT2D eigenvalue weighted by molar-refractivity contribution is 5.90. The maximum atomic E-state index is 13.5. The molecule has 0 aromatic heterocycles. The van der Waals surface area contributed by atoms with E-state index in [2.05, 4.69) is 18.9 Å². The Labute approximate surface area is 218 Å². The van der Waals surface area contributed by atoms with Crippen molar-refractivity contribution in [3.8, 4) is 12.3 Å². The summed E-state index contributed by atoms with van der Waals surface area (Å²) in [7, 11) is 0. The molecular weight excluding hydrogens is 476 g/mol. The smallest absolute Gasteiger partial charge is 0.315 e. The summed E-state index contributed by atoms with van der Waals surface area (Å²) in [4.78, 5) is 26.6. The summed E-state index contributed by atoms with van der Waals surface area (Å²) in [5.41, 5.74) is -2.37. The van der Waals surface area contributed by atoms with Crippen molar-refractivity contribution >= 4 is 12.3 Å².